The fraction of sp³-hybridized carbons (Fsp3) is 0. The monoisotopic (exact) mass is 235 g/mol. The van der Waals surface area contributed by atoms with E-state index in [-0.39, 0.29) is 5.69 Å². The second-order valence-electron chi connectivity index (χ2n) is 1.87. The summed E-state index contributed by atoms with van der Waals surface area (Å²) >= 11 is 0. The molecule has 0 saturated heterocycles. The molecule has 1 rings (SSSR count). The van der Waals surface area contributed by atoms with Crippen LogP contribution in [0, 0.1) is 0 Å². The minimum absolute atomic E-state index is 0.116. The van der Waals surface area contributed by atoms with E-state index in [0.29, 0.717) is 0 Å². The van der Waals surface area contributed by atoms with Crippen LogP contribution >= 0.6 is 0 Å². The molecule has 0 aliphatic heterocycles. The van der Waals surface area contributed by atoms with E-state index < -0.39 is 22.6 Å². The number of hydrogen-bond donors (Lipinski definition) is 3. The summed E-state index contributed by atoms with van der Waals surface area (Å²) in [6.07, 6.45) is -0.308. The van der Waals surface area contributed by atoms with Gasteiger partial charge in [-0.25, -0.2) is 9.59 Å². The molecule has 0 fully saturated rings. The van der Waals surface area contributed by atoms with Crippen LogP contribution in [0.4, 0.5) is 4.79 Å². The number of carboxylic acids is 1. The number of aromatic amines is 1. The lowest BCUT2D eigenvalue weighted by atomic mass is 10.5. The van der Waals surface area contributed by atoms with Gasteiger partial charge in [0, 0.05) is 6.20 Å². The molecule has 1 amide bonds. The van der Waals surface area contributed by atoms with Gasteiger partial charge in [0.25, 0.3) is 0 Å². The summed E-state index contributed by atoms with van der Waals surface area (Å²) in [5, 5.41) is 21.5. The molecule has 0 unspecified atom stereocenters. The Bertz CT molecular complexity index is 453. The Balaban J connectivity index is 0.000000265. The lowest BCUT2D eigenvalue weighted by molar-refractivity contribution is 0.0690. The van der Waals surface area contributed by atoms with Gasteiger partial charge in [0.15, 0.2) is 0 Å². The van der Waals surface area contributed by atoms with Crippen LogP contribution in [0.15, 0.2) is 16.6 Å². The van der Waals surface area contributed by atoms with Crippen LogP contribution in [0.1, 0.15) is 10.5 Å². The van der Waals surface area contributed by atoms with Crippen LogP contribution in [0.3, 0.4) is 0 Å². The summed E-state index contributed by atoms with van der Waals surface area (Å²) in [5.74, 6) is -0.984. The summed E-state index contributed by atoms with van der Waals surface area (Å²) in [5.41, 5.74) is 0.116. The number of carboxylic acid groups (broad SMARTS) is 2. The van der Waals surface area contributed by atoms with Crippen molar-refractivity contribution in [2.75, 3.05) is 0 Å². The zero-order valence-corrected chi connectivity index (χ0v) is 7.80. The van der Waals surface area contributed by atoms with Crippen LogP contribution in [-0.2, 0) is 10.5 Å². The number of nitrogens with zero attached hydrogens (tertiary/aromatic N) is 2. The van der Waals surface area contributed by atoms with E-state index in [1.807, 2.05) is 0 Å². The summed E-state index contributed by atoms with van der Waals surface area (Å²) in [6, 6.07) is 1.39. The van der Waals surface area contributed by atoms with Crippen LogP contribution in [-0.4, -0.2) is 40.9 Å². The SMILES string of the molecule is O=C(O)N=S(=O)=O.O=C(O)c1ccn[nH]1. The first-order valence-electron chi connectivity index (χ1n) is 3.20. The van der Waals surface area contributed by atoms with Gasteiger partial charge in [-0.15, -0.1) is 0 Å². The zero-order chi connectivity index (χ0) is 11.8. The van der Waals surface area contributed by atoms with Gasteiger partial charge in [-0.2, -0.15) is 13.5 Å². The topological polar surface area (TPSA) is 150 Å². The summed E-state index contributed by atoms with van der Waals surface area (Å²) in [6.45, 7) is 0. The first-order chi connectivity index (χ1) is 6.93. The maximum Gasteiger partial charge on any atom is 0.446 e. The lowest BCUT2D eigenvalue weighted by Gasteiger charge is -1.79. The molecule has 15 heavy (non-hydrogen) atoms. The maximum absolute atomic E-state index is 9.99. The molecule has 0 bridgehead atoms. The Morgan fingerprint density at radius 2 is 2.00 bits per heavy atom. The standard InChI is InChI=1S/C4H4N2O2.CHNO4S/c7-4(8)3-1-2-5-6-3;3-1(4)2-7(5)6/h1-2H,(H,5,6)(H,7,8);(H,3,4). The summed E-state index contributed by atoms with van der Waals surface area (Å²) in [4.78, 5) is 19.2. The van der Waals surface area contributed by atoms with Gasteiger partial charge in [-0.3, -0.25) is 5.10 Å². The van der Waals surface area contributed by atoms with Crippen molar-refractivity contribution in [3.63, 3.8) is 0 Å². The van der Waals surface area contributed by atoms with Crippen molar-refractivity contribution in [2.24, 2.45) is 4.36 Å². The molecule has 1 aromatic rings. The molecule has 9 nitrogen and oxygen atoms in total. The summed E-state index contributed by atoms with van der Waals surface area (Å²) in [7, 11) is -2.82. The highest BCUT2D eigenvalue weighted by Gasteiger charge is 1.99. The number of carbonyl (C=O) groups is 2. The van der Waals surface area contributed by atoms with Gasteiger partial charge < -0.3 is 10.2 Å². The number of aromatic carboxylic acids is 1. The van der Waals surface area contributed by atoms with E-state index in [0.717, 1.165) is 0 Å². The Labute approximate surface area is 84.1 Å². The quantitative estimate of drug-likeness (QED) is 0.611. The lowest BCUT2D eigenvalue weighted by Crippen LogP contribution is -1.95. The Morgan fingerprint density at radius 1 is 1.40 bits per heavy atom. The maximum atomic E-state index is 9.99. The smallest absolute Gasteiger partial charge is 0.446 e. The zero-order valence-electron chi connectivity index (χ0n) is 6.98. The fourth-order valence-corrected chi connectivity index (χ4v) is 0.566. The Morgan fingerprint density at radius 3 is 2.13 bits per heavy atom. The molecule has 82 valence electrons. The fourth-order valence-electron chi connectivity index (χ4n) is 0.439. The van der Waals surface area contributed by atoms with E-state index in [2.05, 4.69) is 14.6 Å². The highest BCUT2D eigenvalue weighted by atomic mass is 32.2. The predicted molar refractivity (Wildman–Crippen MR) is 44.9 cm³/mol. The number of nitrogens with one attached hydrogen (secondary N) is 1. The number of aromatic nitrogens is 2. The third kappa shape index (κ3) is 6.89. The van der Waals surface area contributed by atoms with Gasteiger partial charge >= 0.3 is 22.6 Å². The third-order valence-corrected chi connectivity index (χ3v) is 1.19. The van der Waals surface area contributed by atoms with Gasteiger partial charge in [0.2, 0.25) is 0 Å². The van der Waals surface area contributed by atoms with E-state index in [4.69, 9.17) is 10.2 Å². The molecule has 1 aromatic heterocycles. The second-order valence-corrected chi connectivity index (χ2v) is 2.48. The van der Waals surface area contributed by atoms with Crippen LogP contribution in [0.25, 0.3) is 0 Å². The summed E-state index contributed by atoms with van der Waals surface area (Å²) < 4.78 is 20.6. The van der Waals surface area contributed by atoms with Crippen molar-refractivity contribution in [3.05, 3.63) is 18.0 Å². The third-order valence-electron chi connectivity index (χ3n) is 0.884. The van der Waals surface area contributed by atoms with Crippen molar-refractivity contribution in [1.82, 2.24) is 10.2 Å². The second kappa shape index (κ2) is 6.26. The van der Waals surface area contributed by atoms with E-state index >= 15 is 0 Å². The number of hydrogen-bond acceptors (Lipinski definition) is 5. The highest BCUT2D eigenvalue weighted by molar-refractivity contribution is 7.62. The van der Waals surface area contributed by atoms with Crippen LogP contribution < -0.4 is 0 Å². The number of amides is 1. The molecule has 0 aromatic carbocycles. The number of rotatable bonds is 1. The van der Waals surface area contributed by atoms with Crippen molar-refractivity contribution in [2.45, 2.75) is 0 Å². The van der Waals surface area contributed by atoms with Gasteiger partial charge in [0.1, 0.15) is 5.69 Å². The van der Waals surface area contributed by atoms with E-state index in [9.17, 15) is 18.0 Å². The molecule has 0 atom stereocenters. The highest BCUT2D eigenvalue weighted by Crippen LogP contribution is 1.87. The van der Waals surface area contributed by atoms with Crippen molar-refractivity contribution in [1.29, 1.82) is 0 Å². The van der Waals surface area contributed by atoms with Gasteiger partial charge in [-0.1, -0.05) is 4.36 Å². The minimum Gasteiger partial charge on any atom is -0.477 e. The Kier molecular flexibility index (Phi) is 5.33. The molecular formula is C5H5N3O6S. The largest absolute Gasteiger partial charge is 0.477 e. The van der Waals surface area contributed by atoms with Gasteiger partial charge in [-0.05, 0) is 6.07 Å². The minimum atomic E-state index is -2.82. The molecule has 10 heteroatoms. The van der Waals surface area contributed by atoms with Crippen molar-refractivity contribution in [3.8, 4) is 0 Å². The van der Waals surface area contributed by atoms with Crippen LogP contribution in [0.5, 0.6) is 0 Å². The van der Waals surface area contributed by atoms with E-state index in [1.54, 1.807) is 0 Å². The molecule has 0 radical (unpaired) electrons. The Hall–Kier alpha value is -2.23. The molecule has 1 heterocycles. The van der Waals surface area contributed by atoms with E-state index in [1.165, 1.54) is 12.3 Å². The first-order valence-corrected chi connectivity index (χ1v) is 4.23. The molecule has 0 aliphatic rings. The van der Waals surface area contributed by atoms with Crippen molar-refractivity contribution < 1.29 is 28.2 Å². The average Bonchev–Trinajstić information content (AvgIpc) is 2.52. The van der Waals surface area contributed by atoms with Gasteiger partial charge in [0.05, 0.1) is 0 Å². The molecule has 3 N–H and O–H groups in total. The average molecular weight is 235 g/mol. The predicted octanol–water partition coefficient (Wildman–Crippen LogP) is -0.165. The number of H-pyrrole nitrogens is 1. The molecule has 0 saturated carbocycles. The van der Waals surface area contributed by atoms with Crippen LogP contribution in [0.2, 0.25) is 0 Å². The molecular weight excluding hydrogens is 230 g/mol. The normalized spacial score (nSPS) is 8.27. The van der Waals surface area contributed by atoms with Crippen molar-refractivity contribution >= 4 is 22.6 Å². The molecule has 0 spiro atoms. The first kappa shape index (κ1) is 12.8. The molecule has 0 aliphatic carbocycles.